The van der Waals surface area contributed by atoms with Crippen molar-refractivity contribution in [2.24, 2.45) is 5.92 Å². The summed E-state index contributed by atoms with van der Waals surface area (Å²) in [6.07, 6.45) is 1.95. The van der Waals surface area contributed by atoms with Gasteiger partial charge in [0.15, 0.2) is 0 Å². The Labute approximate surface area is 98.3 Å². The molecule has 1 rings (SSSR count). The Hall–Kier alpha value is -1.02. The van der Waals surface area contributed by atoms with Gasteiger partial charge in [0.25, 0.3) is 0 Å². The number of aliphatic hydroxyl groups excluding tert-OH is 1. The molecule has 0 aliphatic heterocycles. The first-order chi connectivity index (χ1) is 7.63. The van der Waals surface area contributed by atoms with Crippen LogP contribution in [0.5, 0.6) is 5.75 Å². The summed E-state index contributed by atoms with van der Waals surface area (Å²) in [5.74, 6) is 1.43. The summed E-state index contributed by atoms with van der Waals surface area (Å²) in [4.78, 5) is 0. The van der Waals surface area contributed by atoms with Crippen LogP contribution in [0.4, 0.5) is 0 Å². The molecular formula is C14H22O2. The van der Waals surface area contributed by atoms with Crippen LogP contribution in [0.15, 0.2) is 24.3 Å². The second-order valence-corrected chi connectivity index (χ2v) is 4.45. The average Bonchev–Trinajstić information content (AvgIpc) is 2.27. The molecule has 0 aliphatic carbocycles. The van der Waals surface area contributed by atoms with Crippen LogP contribution in [-0.2, 0) is 0 Å². The molecule has 2 nitrogen and oxygen atoms in total. The summed E-state index contributed by atoms with van der Waals surface area (Å²) in [6, 6.07) is 7.67. The maximum absolute atomic E-state index is 9.45. The lowest BCUT2D eigenvalue weighted by molar-refractivity contribution is 0.198. The Morgan fingerprint density at radius 3 is 2.69 bits per heavy atom. The van der Waals surface area contributed by atoms with E-state index >= 15 is 0 Å². The summed E-state index contributed by atoms with van der Waals surface area (Å²) in [7, 11) is 0. The quantitative estimate of drug-likeness (QED) is 0.797. The third-order valence-corrected chi connectivity index (χ3v) is 2.66. The largest absolute Gasteiger partial charge is 0.493 e. The zero-order chi connectivity index (χ0) is 12.0. The van der Waals surface area contributed by atoms with E-state index in [4.69, 9.17) is 4.74 Å². The van der Waals surface area contributed by atoms with Crippen molar-refractivity contribution in [3.63, 3.8) is 0 Å². The van der Waals surface area contributed by atoms with Gasteiger partial charge in [0.05, 0.1) is 12.7 Å². The van der Waals surface area contributed by atoms with Gasteiger partial charge in [-0.05, 0) is 37.0 Å². The predicted molar refractivity (Wildman–Crippen MR) is 66.6 cm³/mol. The molecule has 0 heterocycles. The molecule has 90 valence electrons. The second-order valence-electron chi connectivity index (χ2n) is 4.45. The van der Waals surface area contributed by atoms with Gasteiger partial charge in [0.1, 0.15) is 5.75 Å². The van der Waals surface area contributed by atoms with E-state index in [1.54, 1.807) is 6.92 Å². The van der Waals surface area contributed by atoms with E-state index < -0.39 is 6.10 Å². The summed E-state index contributed by atoms with van der Waals surface area (Å²) in [6.45, 7) is 6.89. The third-order valence-electron chi connectivity index (χ3n) is 2.66. The maximum atomic E-state index is 9.45. The summed E-state index contributed by atoms with van der Waals surface area (Å²) >= 11 is 0. The van der Waals surface area contributed by atoms with Gasteiger partial charge in [0, 0.05) is 0 Å². The van der Waals surface area contributed by atoms with Gasteiger partial charge < -0.3 is 9.84 Å². The van der Waals surface area contributed by atoms with Gasteiger partial charge in [-0.15, -0.1) is 0 Å². The van der Waals surface area contributed by atoms with Gasteiger partial charge >= 0.3 is 0 Å². The van der Waals surface area contributed by atoms with Crippen LogP contribution in [-0.4, -0.2) is 11.7 Å². The van der Waals surface area contributed by atoms with Crippen molar-refractivity contribution in [1.29, 1.82) is 0 Å². The van der Waals surface area contributed by atoms with Crippen LogP contribution in [0.2, 0.25) is 0 Å². The van der Waals surface area contributed by atoms with Crippen LogP contribution < -0.4 is 4.74 Å². The molecule has 16 heavy (non-hydrogen) atoms. The molecule has 1 aromatic rings. The molecule has 1 unspecified atom stereocenters. The molecule has 0 bridgehead atoms. The van der Waals surface area contributed by atoms with Crippen LogP contribution in [0.25, 0.3) is 0 Å². The van der Waals surface area contributed by atoms with Crippen molar-refractivity contribution >= 4 is 0 Å². The maximum Gasteiger partial charge on any atom is 0.119 e. The normalized spacial score (nSPS) is 14.5. The van der Waals surface area contributed by atoms with Gasteiger partial charge in [-0.25, -0.2) is 0 Å². The minimum absolute atomic E-state index is 0.434. The molecular weight excluding hydrogens is 200 g/mol. The molecule has 0 spiro atoms. The molecule has 2 atom stereocenters. The number of aliphatic hydroxyl groups is 1. The molecule has 0 saturated heterocycles. The smallest absolute Gasteiger partial charge is 0.119 e. The summed E-state index contributed by atoms with van der Waals surface area (Å²) in [5, 5.41) is 9.45. The summed E-state index contributed by atoms with van der Waals surface area (Å²) < 4.78 is 5.70. The number of rotatable bonds is 6. The number of benzene rings is 1. The van der Waals surface area contributed by atoms with Crippen LogP contribution in [0.3, 0.4) is 0 Å². The van der Waals surface area contributed by atoms with E-state index in [2.05, 4.69) is 13.8 Å². The van der Waals surface area contributed by atoms with Crippen molar-refractivity contribution in [1.82, 2.24) is 0 Å². The SMILES string of the molecule is CCCC(C)COc1cccc([C@@H](C)O)c1. The first-order valence-corrected chi connectivity index (χ1v) is 6.04. The molecule has 0 aliphatic rings. The van der Waals surface area contributed by atoms with E-state index in [1.807, 2.05) is 24.3 Å². The monoisotopic (exact) mass is 222 g/mol. The zero-order valence-electron chi connectivity index (χ0n) is 10.4. The predicted octanol–water partition coefficient (Wildman–Crippen LogP) is 3.55. The van der Waals surface area contributed by atoms with Crippen molar-refractivity contribution < 1.29 is 9.84 Å². The topological polar surface area (TPSA) is 29.5 Å². The minimum Gasteiger partial charge on any atom is -0.493 e. The molecule has 1 N–H and O–H groups in total. The van der Waals surface area contributed by atoms with E-state index in [0.717, 1.165) is 17.9 Å². The highest BCUT2D eigenvalue weighted by Crippen LogP contribution is 2.19. The molecule has 1 aromatic carbocycles. The minimum atomic E-state index is -0.434. The molecule has 0 aromatic heterocycles. The molecule has 0 fully saturated rings. The molecule has 2 heteroatoms. The van der Waals surface area contributed by atoms with E-state index in [0.29, 0.717) is 5.92 Å². The Morgan fingerprint density at radius 1 is 1.31 bits per heavy atom. The average molecular weight is 222 g/mol. The van der Waals surface area contributed by atoms with Crippen molar-refractivity contribution in [2.45, 2.75) is 39.7 Å². The second kappa shape index (κ2) is 6.54. The van der Waals surface area contributed by atoms with Gasteiger partial charge in [0.2, 0.25) is 0 Å². The van der Waals surface area contributed by atoms with E-state index in [1.165, 1.54) is 12.8 Å². The molecule has 0 radical (unpaired) electrons. The third kappa shape index (κ3) is 4.23. The zero-order valence-corrected chi connectivity index (χ0v) is 10.4. The van der Waals surface area contributed by atoms with E-state index in [-0.39, 0.29) is 0 Å². The van der Waals surface area contributed by atoms with Crippen LogP contribution in [0, 0.1) is 5.92 Å². The van der Waals surface area contributed by atoms with Crippen molar-refractivity contribution in [3.05, 3.63) is 29.8 Å². The molecule has 0 saturated carbocycles. The van der Waals surface area contributed by atoms with Gasteiger partial charge in [-0.3, -0.25) is 0 Å². The fraction of sp³-hybridized carbons (Fsp3) is 0.571. The lowest BCUT2D eigenvalue weighted by Gasteiger charge is -2.13. The van der Waals surface area contributed by atoms with Gasteiger partial charge in [-0.2, -0.15) is 0 Å². The van der Waals surface area contributed by atoms with Crippen molar-refractivity contribution in [3.8, 4) is 5.75 Å². The van der Waals surface area contributed by atoms with Crippen LogP contribution in [0.1, 0.15) is 45.3 Å². The van der Waals surface area contributed by atoms with E-state index in [9.17, 15) is 5.11 Å². The highest BCUT2D eigenvalue weighted by atomic mass is 16.5. The first-order valence-electron chi connectivity index (χ1n) is 6.04. The van der Waals surface area contributed by atoms with Crippen LogP contribution >= 0.6 is 0 Å². The highest BCUT2D eigenvalue weighted by Gasteiger charge is 2.04. The fourth-order valence-electron chi connectivity index (χ4n) is 1.68. The van der Waals surface area contributed by atoms with Crippen molar-refractivity contribution in [2.75, 3.05) is 6.61 Å². The standard InChI is InChI=1S/C14H22O2/c1-4-6-11(2)10-16-14-8-5-7-13(9-14)12(3)15/h5,7-9,11-12,15H,4,6,10H2,1-3H3/t11?,12-/m1/s1. The number of hydrogen-bond acceptors (Lipinski definition) is 2. The highest BCUT2D eigenvalue weighted by molar-refractivity contribution is 5.29. The number of ether oxygens (including phenoxy) is 1. The lowest BCUT2D eigenvalue weighted by atomic mass is 10.1. The molecule has 0 amide bonds. The number of hydrogen-bond donors (Lipinski definition) is 1. The van der Waals surface area contributed by atoms with Gasteiger partial charge in [-0.1, -0.05) is 32.4 Å². The fourth-order valence-corrected chi connectivity index (χ4v) is 1.68. The Bertz CT molecular complexity index is 307. The lowest BCUT2D eigenvalue weighted by Crippen LogP contribution is -2.08. The Morgan fingerprint density at radius 2 is 2.06 bits per heavy atom. The first kappa shape index (κ1) is 13.0. The summed E-state index contributed by atoms with van der Waals surface area (Å²) in [5.41, 5.74) is 0.903. The Balaban J connectivity index is 2.50. The Kier molecular flexibility index (Phi) is 5.33.